The van der Waals surface area contributed by atoms with Gasteiger partial charge in [0.1, 0.15) is 0 Å². The molecule has 0 aliphatic heterocycles. The SMILES string of the molecule is CC(C)(C)c1ccc(-c2noc(CNS(=O)(=O)c3ccc4ccccc4c3)n2)cc1. The molecule has 0 unspecified atom stereocenters. The highest BCUT2D eigenvalue weighted by Gasteiger charge is 2.18. The molecule has 0 amide bonds. The first-order valence-corrected chi connectivity index (χ1v) is 11.1. The molecule has 1 heterocycles. The van der Waals surface area contributed by atoms with Crippen LogP contribution in [0.2, 0.25) is 0 Å². The van der Waals surface area contributed by atoms with E-state index < -0.39 is 10.0 Å². The number of nitrogens with zero attached hydrogens (tertiary/aromatic N) is 2. The van der Waals surface area contributed by atoms with E-state index in [1.165, 1.54) is 5.56 Å². The van der Waals surface area contributed by atoms with E-state index in [9.17, 15) is 8.42 Å². The van der Waals surface area contributed by atoms with Crippen molar-refractivity contribution in [1.82, 2.24) is 14.9 Å². The Kier molecular flexibility index (Phi) is 5.17. The molecule has 3 aromatic carbocycles. The highest BCUT2D eigenvalue weighted by Crippen LogP contribution is 2.25. The van der Waals surface area contributed by atoms with E-state index in [-0.39, 0.29) is 22.7 Å². The first kappa shape index (κ1) is 20.3. The molecule has 7 heteroatoms. The standard InChI is InChI=1S/C23H23N3O3S/c1-23(2,3)19-11-8-17(9-12-19)22-25-21(29-26-22)15-24-30(27,28)20-13-10-16-6-4-5-7-18(16)14-20/h4-14,24H,15H2,1-3H3. The fourth-order valence-electron chi connectivity index (χ4n) is 3.14. The third-order valence-corrected chi connectivity index (χ3v) is 6.32. The summed E-state index contributed by atoms with van der Waals surface area (Å²) in [4.78, 5) is 4.51. The first-order chi connectivity index (χ1) is 14.2. The van der Waals surface area contributed by atoms with Gasteiger partial charge in [-0.05, 0) is 33.9 Å². The number of hydrogen-bond donors (Lipinski definition) is 1. The van der Waals surface area contributed by atoms with Gasteiger partial charge in [-0.1, -0.05) is 80.5 Å². The number of benzene rings is 3. The number of fused-ring (bicyclic) bond motifs is 1. The zero-order valence-corrected chi connectivity index (χ0v) is 17.9. The molecule has 30 heavy (non-hydrogen) atoms. The van der Waals surface area contributed by atoms with Crippen LogP contribution in [-0.2, 0) is 22.0 Å². The lowest BCUT2D eigenvalue weighted by Crippen LogP contribution is -2.23. The molecule has 1 N–H and O–H groups in total. The molecule has 154 valence electrons. The number of aromatic nitrogens is 2. The Morgan fingerprint density at radius 3 is 2.33 bits per heavy atom. The van der Waals surface area contributed by atoms with Gasteiger partial charge in [0, 0.05) is 5.56 Å². The minimum absolute atomic E-state index is 0.0575. The third kappa shape index (κ3) is 4.27. The summed E-state index contributed by atoms with van der Waals surface area (Å²) < 4.78 is 33.1. The van der Waals surface area contributed by atoms with Crippen LogP contribution in [0.15, 0.2) is 76.1 Å². The van der Waals surface area contributed by atoms with Gasteiger partial charge >= 0.3 is 0 Å². The normalized spacial score (nSPS) is 12.4. The summed E-state index contributed by atoms with van der Waals surface area (Å²) in [6, 6.07) is 20.6. The van der Waals surface area contributed by atoms with Crippen molar-refractivity contribution < 1.29 is 12.9 Å². The molecular weight excluding hydrogens is 398 g/mol. The van der Waals surface area contributed by atoms with Gasteiger partial charge in [-0.3, -0.25) is 0 Å². The van der Waals surface area contributed by atoms with Crippen LogP contribution >= 0.6 is 0 Å². The van der Waals surface area contributed by atoms with E-state index in [2.05, 4.69) is 35.6 Å². The largest absolute Gasteiger partial charge is 0.338 e. The topological polar surface area (TPSA) is 85.1 Å². The van der Waals surface area contributed by atoms with E-state index in [4.69, 9.17) is 4.52 Å². The highest BCUT2D eigenvalue weighted by atomic mass is 32.2. The van der Waals surface area contributed by atoms with Crippen LogP contribution in [0.4, 0.5) is 0 Å². The van der Waals surface area contributed by atoms with Gasteiger partial charge < -0.3 is 4.52 Å². The lowest BCUT2D eigenvalue weighted by atomic mass is 9.87. The number of sulfonamides is 1. The minimum atomic E-state index is -3.71. The van der Waals surface area contributed by atoms with Crippen LogP contribution in [0.25, 0.3) is 22.2 Å². The first-order valence-electron chi connectivity index (χ1n) is 9.64. The summed E-state index contributed by atoms with van der Waals surface area (Å²) in [6.07, 6.45) is 0. The number of hydrogen-bond acceptors (Lipinski definition) is 5. The summed E-state index contributed by atoms with van der Waals surface area (Å²) >= 11 is 0. The van der Waals surface area contributed by atoms with Crippen LogP contribution in [0.5, 0.6) is 0 Å². The molecule has 0 spiro atoms. The van der Waals surface area contributed by atoms with Crippen molar-refractivity contribution in [3.05, 3.63) is 78.2 Å². The molecular formula is C23H23N3O3S. The summed E-state index contributed by atoms with van der Waals surface area (Å²) in [5, 5.41) is 5.81. The Morgan fingerprint density at radius 1 is 0.933 bits per heavy atom. The summed E-state index contributed by atoms with van der Waals surface area (Å²) in [5.41, 5.74) is 2.08. The van der Waals surface area contributed by atoms with E-state index in [1.807, 2.05) is 48.5 Å². The molecule has 0 radical (unpaired) electrons. The van der Waals surface area contributed by atoms with Gasteiger partial charge in [-0.25, -0.2) is 13.1 Å². The molecule has 6 nitrogen and oxygen atoms in total. The molecule has 0 fully saturated rings. The molecule has 0 aliphatic rings. The summed E-state index contributed by atoms with van der Waals surface area (Å²) in [6.45, 7) is 6.37. The second-order valence-corrected chi connectivity index (χ2v) is 9.94. The van der Waals surface area contributed by atoms with Crippen molar-refractivity contribution in [2.45, 2.75) is 37.6 Å². The van der Waals surface area contributed by atoms with E-state index in [0.717, 1.165) is 16.3 Å². The molecule has 1 aromatic heterocycles. The van der Waals surface area contributed by atoms with Crippen molar-refractivity contribution in [2.24, 2.45) is 0 Å². The summed E-state index contributed by atoms with van der Waals surface area (Å²) in [5.74, 6) is 0.629. The van der Waals surface area contributed by atoms with Crippen LogP contribution in [0, 0.1) is 0 Å². The van der Waals surface area contributed by atoms with Crippen molar-refractivity contribution in [1.29, 1.82) is 0 Å². The van der Waals surface area contributed by atoms with Crippen LogP contribution in [0.1, 0.15) is 32.2 Å². The van der Waals surface area contributed by atoms with E-state index in [1.54, 1.807) is 18.2 Å². The maximum Gasteiger partial charge on any atom is 0.242 e. The lowest BCUT2D eigenvalue weighted by Gasteiger charge is -2.18. The Morgan fingerprint density at radius 2 is 1.63 bits per heavy atom. The van der Waals surface area contributed by atoms with Crippen LogP contribution in [-0.4, -0.2) is 18.6 Å². The minimum Gasteiger partial charge on any atom is -0.338 e. The zero-order chi connectivity index (χ0) is 21.4. The second-order valence-electron chi connectivity index (χ2n) is 8.17. The molecule has 4 rings (SSSR count). The zero-order valence-electron chi connectivity index (χ0n) is 17.1. The summed E-state index contributed by atoms with van der Waals surface area (Å²) in [7, 11) is -3.71. The Bertz CT molecular complexity index is 1290. The average molecular weight is 422 g/mol. The predicted octanol–water partition coefficient (Wildman–Crippen LogP) is 4.67. The van der Waals surface area contributed by atoms with Crippen LogP contribution < -0.4 is 4.72 Å². The van der Waals surface area contributed by atoms with Gasteiger partial charge in [-0.15, -0.1) is 0 Å². The van der Waals surface area contributed by atoms with E-state index in [0.29, 0.717) is 5.82 Å². The van der Waals surface area contributed by atoms with Gasteiger partial charge in [0.15, 0.2) is 0 Å². The molecule has 0 atom stereocenters. The average Bonchev–Trinajstić information content (AvgIpc) is 3.21. The molecule has 0 aliphatic carbocycles. The molecule has 0 saturated carbocycles. The van der Waals surface area contributed by atoms with E-state index >= 15 is 0 Å². The molecule has 0 bridgehead atoms. The van der Waals surface area contributed by atoms with Crippen molar-refractivity contribution >= 4 is 20.8 Å². The quantitative estimate of drug-likeness (QED) is 0.506. The molecule has 0 saturated heterocycles. The Hall–Kier alpha value is -3.03. The van der Waals surface area contributed by atoms with Crippen molar-refractivity contribution in [2.75, 3.05) is 0 Å². The fourth-order valence-corrected chi connectivity index (χ4v) is 4.15. The predicted molar refractivity (Wildman–Crippen MR) is 116 cm³/mol. The van der Waals surface area contributed by atoms with Crippen molar-refractivity contribution in [3.8, 4) is 11.4 Å². The smallest absolute Gasteiger partial charge is 0.242 e. The van der Waals surface area contributed by atoms with Gasteiger partial charge in [-0.2, -0.15) is 4.98 Å². The Balaban J connectivity index is 1.48. The number of rotatable bonds is 5. The van der Waals surface area contributed by atoms with Gasteiger partial charge in [0.05, 0.1) is 11.4 Å². The third-order valence-electron chi connectivity index (χ3n) is 4.92. The van der Waals surface area contributed by atoms with Crippen molar-refractivity contribution in [3.63, 3.8) is 0 Å². The second kappa shape index (κ2) is 7.66. The Labute approximate surface area is 176 Å². The van der Waals surface area contributed by atoms with Gasteiger partial charge in [0.25, 0.3) is 0 Å². The van der Waals surface area contributed by atoms with Crippen LogP contribution in [0.3, 0.4) is 0 Å². The maximum atomic E-state index is 12.7. The lowest BCUT2D eigenvalue weighted by molar-refractivity contribution is 0.376. The molecule has 4 aromatic rings. The monoisotopic (exact) mass is 421 g/mol. The highest BCUT2D eigenvalue weighted by molar-refractivity contribution is 7.89. The maximum absolute atomic E-state index is 12.7. The fraction of sp³-hybridized carbons (Fsp3) is 0.217. The van der Waals surface area contributed by atoms with Gasteiger partial charge in [0.2, 0.25) is 21.7 Å². The number of nitrogens with one attached hydrogen (secondary N) is 1.